The average Bonchev–Trinajstić information content (AvgIpc) is 2.67. The van der Waals surface area contributed by atoms with Crippen LogP contribution in [0.5, 0.6) is 0 Å². The molecule has 0 aliphatic heterocycles. The standard InChI is InChI=1S/C19H28N2O6S/c1-14-3-4-16(11-18(14)28(20,24)25)17(23)12-21-9-10-27-19(26-2)7-5-15(13-22)6-8-19/h3-7,11,17,21-23H,8-10,12-13H2,1-2H3,(H2,20,24,25). The van der Waals surface area contributed by atoms with Crippen molar-refractivity contribution in [2.24, 2.45) is 5.14 Å². The SMILES string of the molecule is COC1(OCCNCC(O)c2ccc(C)c(S(N)(=O)=O)c2)C=CC(CO)=CC1. The first-order valence-corrected chi connectivity index (χ1v) is 10.5. The Kier molecular flexibility index (Phi) is 7.90. The maximum atomic E-state index is 11.6. The summed E-state index contributed by atoms with van der Waals surface area (Å²) in [5.41, 5.74) is 1.81. The fourth-order valence-electron chi connectivity index (χ4n) is 2.86. The molecule has 1 aliphatic rings. The van der Waals surface area contributed by atoms with Crippen molar-refractivity contribution in [3.63, 3.8) is 0 Å². The van der Waals surface area contributed by atoms with Gasteiger partial charge in [-0.05, 0) is 35.8 Å². The van der Waals surface area contributed by atoms with Gasteiger partial charge in [0.1, 0.15) is 0 Å². The molecule has 0 saturated carbocycles. The summed E-state index contributed by atoms with van der Waals surface area (Å²) in [7, 11) is -2.28. The number of rotatable bonds is 10. The highest BCUT2D eigenvalue weighted by Crippen LogP contribution is 2.25. The Labute approximate surface area is 165 Å². The van der Waals surface area contributed by atoms with Crippen molar-refractivity contribution in [2.45, 2.75) is 30.1 Å². The van der Waals surface area contributed by atoms with Crippen molar-refractivity contribution in [1.29, 1.82) is 0 Å². The van der Waals surface area contributed by atoms with Gasteiger partial charge in [-0.1, -0.05) is 24.3 Å². The third-order valence-electron chi connectivity index (χ3n) is 4.59. The molecule has 2 atom stereocenters. The highest BCUT2D eigenvalue weighted by atomic mass is 32.2. The van der Waals surface area contributed by atoms with Crippen molar-refractivity contribution in [2.75, 3.05) is 33.4 Å². The van der Waals surface area contributed by atoms with E-state index in [1.807, 2.05) is 6.08 Å². The van der Waals surface area contributed by atoms with Crippen LogP contribution in [0, 0.1) is 6.92 Å². The first-order chi connectivity index (χ1) is 13.2. The largest absolute Gasteiger partial charge is 0.392 e. The summed E-state index contributed by atoms with van der Waals surface area (Å²) < 4.78 is 34.5. The number of sulfonamides is 1. The maximum absolute atomic E-state index is 11.6. The Hall–Kier alpha value is -1.59. The molecule has 1 aromatic rings. The third kappa shape index (κ3) is 5.95. The van der Waals surface area contributed by atoms with Gasteiger partial charge < -0.3 is 25.0 Å². The Morgan fingerprint density at radius 3 is 2.71 bits per heavy atom. The number of nitrogens with two attached hydrogens (primary N) is 1. The number of nitrogens with one attached hydrogen (secondary N) is 1. The van der Waals surface area contributed by atoms with Gasteiger partial charge in [-0.3, -0.25) is 0 Å². The van der Waals surface area contributed by atoms with Crippen molar-refractivity contribution in [3.05, 3.63) is 53.1 Å². The van der Waals surface area contributed by atoms with E-state index in [4.69, 9.17) is 19.7 Å². The van der Waals surface area contributed by atoms with E-state index in [-0.39, 0.29) is 18.0 Å². The van der Waals surface area contributed by atoms with E-state index in [2.05, 4.69) is 5.32 Å². The molecular formula is C19H28N2O6S. The Morgan fingerprint density at radius 1 is 1.39 bits per heavy atom. The number of methoxy groups -OCH3 is 1. The molecule has 1 aromatic carbocycles. The molecule has 156 valence electrons. The molecule has 1 aliphatic carbocycles. The van der Waals surface area contributed by atoms with Crippen LogP contribution in [0.25, 0.3) is 0 Å². The molecule has 0 spiro atoms. The molecule has 0 aromatic heterocycles. The van der Waals surface area contributed by atoms with Gasteiger partial charge in [0.2, 0.25) is 10.0 Å². The Balaban J connectivity index is 1.82. The van der Waals surface area contributed by atoms with E-state index >= 15 is 0 Å². The van der Waals surface area contributed by atoms with Crippen LogP contribution in [-0.4, -0.2) is 57.8 Å². The molecule has 0 bridgehead atoms. The van der Waals surface area contributed by atoms with Gasteiger partial charge in [0, 0.05) is 26.6 Å². The molecule has 2 rings (SSSR count). The van der Waals surface area contributed by atoms with Gasteiger partial charge in [-0.25, -0.2) is 13.6 Å². The number of hydrogen-bond acceptors (Lipinski definition) is 7. The van der Waals surface area contributed by atoms with Gasteiger partial charge >= 0.3 is 0 Å². The van der Waals surface area contributed by atoms with Gasteiger partial charge in [-0.15, -0.1) is 0 Å². The topological polar surface area (TPSA) is 131 Å². The lowest BCUT2D eigenvalue weighted by Gasteiger charge is -2.31. The van der Waals surface area contributed by atoms with Crippen LogP contribution < -0.4 is 10.5 Å². The Bertz CT molecular complexity index is 837. The second kappa shape index (κ2) is 9.75. The fraction of sp³-hybridized carbons (Fsp3) is 0.474. The van der Waals surface area contributed by atoms with Crippen molar-refractivity contribution in [3.8, 4) is 0 Å². The highest BCUT2D eigenvalue weighted by molar-refractivity contribution is 7.89. The molecule has 5 N–H and O–H groups in total. The number of primary sulfonamides is 1. The van der Waals surface area contributed by atoms with Crippen LogP contribution in [0.4, 0.5) is 0 Å². The van der Waals surface area contributed by atoms with E-state index in [1.54, 1.807) is 38.3 Å². The van der Waals surface area contributed by atoms with E-state index in [0.29, 0.717) is 30.7 Å². The molecular weight excluding hydrogens is 384 g/mol. The number of hydrogen-bond donors (Lipinski definition) is 4. The number of aliphatic hydroxyl groups excluding tert-OH is 2. The van der Waals surface area contributed by atoms with Gasteiger partial charge in [0.25, 0.3) is 0 Å². The fourth-order valence-corrected chi connectivity index (χ4v) is 3.68. The minimum atomic E-state index is -3.84. The summed E-state index contributed by atoms with van der Waals surface area (Å²) in [6.45, 7) is 2.64. The quantitative estimate of drug-likeness (QED) is 0.325. The lowest BCUT2D eigenvalue weighted by atomic mass is 10.0. The zero-order valence-corrected chi connectivity index (χ0v) is 16.9. The predicted octanol–water partition coefficient (Wildman–Crippen LogP) is 0.503. The van der Waals surface area contributed by atoms with E-state index in [9.17, 15) is 13.5 Å². The number of benzene rings is 1. The molecule has 0 heterocycles. The number of aliphatic hydroxyl groups is 2. The van der Waals surface area contributed by atoms with E-state index < -0.39 is 21.9 Å². The van der Waals surface area contributed by atoms with Crippen molar-refractivity contribution < 1.29 is 28.1 Å². The summed E-state index contributed by atoms with van der Waals surface area (Å²) in [5, 5.41) is 27.7. The lowest BCUT2D eigenvalue weighted by Crippen LogP contribution is -2.36. The summed E-state index contributed by atoms with van der Waals surface area (Å²) in [4.78, 5) is 0.00816. The minimum Gasteiger partial charge on any atom is -0.392 e. The summed E-state index contributed by atoms with van der Waals surface area (Å²) in [5.74, 6) is -0.861. The van der Waals surface area contributed by atoms with Crippen LogP contribution in [-0.2, 0) is 19.5 Å². The first kappa shape index (κ1) is 22.7. The first-order valence-electron chi connectivity index (χ1n) is 8.91. The van der Waals surface area contributed by atoms with Gasteiger partial charge in [0.15, 0.2) is 5.79 Å². The van der Waals surface area contributed by atoms with Crippen molar-refractivity contribution in [1.82, 2.24) is 5.32 Å². The summed E-state index contributed by atoms with van der Waals surface area (Å²) >= 11 is 0. The monoisotopic (exact) mass is 412 g/mol. The average molecular weight is 413 g/mol. The summed E-state index contributed by atoms with van der Waals surface area (Å²) in [6, 6.07) is 4.68. The molecule has 0 fully saturated rings. The van der Waals surface area contributed by atoms with Crippen LogP contribution in [0.15, 0.2) is 46.9 Å². The van der Waals surface area contributed by atoms with Crippen LogP contribution in [0.1, 0.15) is 23.7 Å². The lowest BCUT2D eigenvalue weighted by molar-refractivity contribution is -0.185. The molecule has 0 amide bonds. The molecule has 9 heteroatoms. The van der Waals surface area contributed by atoms with Gasteiger partial charge in [-0.2, -0.15) is 0 Å². The highest BCUT2D eigenvalue weighted by Gasteiger charge is 2.28. The number of aryl methyl sites for hydroxylation is 1. The van der Waals surface area contributed by atoms with Crippen LogP contribution in [0.2, 0.25) is 0 Å². The van der Waals surface area contributed by atoms with E-state index in [0.717, 1.165) is 5.57 Å². The van der Waals surface area contributed by atoms with Crippen LogP contribution in [0.3, 0.4) is 0 Å². The molecule has 0 saturated heterocycles. The van der Waals surface area contributed by atoms with Crippen molar-refractivity contribution >= 4 is 10.0 Å². The van der Waals surface area contributed by atoms with Crippen LogP contribution >= 0.6 is 0 Å². The molecule has 28 heavy (non-hydrogen) atoms. The summed E-state index contributed by atoms with van der Waals surface area (Å²) in [6.07, 6.45) is 5.01. The van der Waals surface area contributed by atoms with Gasteiger partial charge in [0.05, 0.1) is 24.2 Å². The molecule has 2 unspecified atom stereocenters. The minimum absolute atomic E-state index is 0.00816. The smallest absolute Gasteiger partial charge is 0.238 e. The van der Waals surface area contributed by atoms with E-state index in [1.165, 1.54) is 6.07 Å². The second-order valence-electron chi connectivity index (χ2n) is 6.63. The normalized spacial score (nSPS) is 20.8. The zero-order valence-electron chi connectivity index (χ0n) is 16.1. The third-order valence-corrected chi connectivity index (χ3v) is 5.65. The Morgan fingerprint density at radius 2 is 2.14 bits per heavy atom. The maximum Gasteiger partial charge on any atom is 0.238 e. The second-order valence-corrected chi connectivity index (χ2v) is 8.16. The zero-order chi connectivity index (χ0) is 20.8. The number of ether oxygens (including phenoxy) is 2. The molecule has 8 nitrogen and oxygen atoms in total. The predicted molar refractivity (Wildman–Crippen MR) is 105 cm³/mol. The molecule has 0 radical (unpaired) electrons.